The van der Waals surface area contributed by atoms with E-state index in [9.17, 15) is 5.11 Å². The lowest BCUT2D eigenvalue weighted by molar-refractivity contribution is 0.137. The molecule has 2 heterocycles. The zero-order valence-electron chi connectivity index (χ0n) is 12.9. The molecule has 22 heavy (non-hydrogen) atoms. The third-order valence-corrected chi connectivity index (χ3v) is 4.22. The molecule has 4 heteroatoms. The third kappa shape index (κ3) is 3.46. The van der Waals surface area contributed by atoms with Gasteiger partial charge >= 0.3 is 0 Å². The highest BCUT2D eigenvalue weighted by atomic mass is 16.5. The topological polar surface area (TPSA) is 49.5 Å². The lowest BCUT2D eigenvalue weighted by atomic mass is 10.0. The largest absolute Gasteiger partial charge is 0.391 e. The number of hydrogen-bond donors (Lipinski definition) is 1. The summed E-state index contributed by atoms with van der Waals surface area (Å²) in [7, 11) is 0. The van der Waals surface area contributed by atoms with E-state index in [1.165, 1.54) is 5.56 Å². The second kappa shape index (κ2) is 6.46. The van der Waals surface area contributed by atoms with Gasteiger partial charge in [-0.1, -0.05) is 42.1 Å². The number of aromatic nitrogens is 1. The summed E-state index contributed by atoms with van der Waals surface area (Å²) in [5, 5.41) is 14.2. The Hall–Kier alpha value is -1.91. The molecular formula is C18H22N2O2. The van der Waals surface area contributed by atoms with Crippen molar-refractivity contribution in [3.8, 4) is 0 Å². The Morgan fingerprint density at radius 2 is 2.27 bits per heavy atom. The van der Waals surface area contributed by atoms with Gasteiger partial charge in [-0.15, -0.1) is 0 Å². The van der Waals surface area contributed by atoms with Gasteiger partial charge in [0.1, 0.15) is 5.76 Å². The number of β-amino-alcohol motifs (C(OH)–C–C–N with tert-alkyl or cyclic N) is 1. The second-order valence-corrected chi connectivity index (χ2v) is 6.11. The molecule has 0 spiro atoms. The highest BCUT2D eigenvalue weighted by molar-refractivity contribution is 5.47. The normalized spacial score (nSPS) is 22.1. The molecule has 1 aromatic heterocycles. The van der Waals surface area contributed by atoms with Gasteiger partial charge < -0.3 is 9.63 Å². The summed E-state index contributed by atoms with van der Waals surface area (Å²) in [6.45, 7) is 8.15. The van der Waals surface area contributed by atoms with E-state index in [1.807, 2.05) is 31.2 Å². The van der Waals surface area contributed by atoms with Crippen LogP contribution in [0.5, 0.6) is 0 Å². The van der Waals surface area contributed by atoms with E-state index in [4.69, 9.17) is 4.52 Å². The number of nitrogens with zero attached hydrogens (tertiary/aromatic N) is 2. The molecule has 0 bridgehead atoms. The number of aliphatic hydroxyl groups is 1. The fourth-order valence-corrected chi connectivity index (χ4v) is 3.12. The number of benzene rings is 1. The fraction of sp³-hybridized carbons (Fsp3) is 0.389. The lowest BCUT2D eigenvalue weighted by Gasteiger charge is -2.15. The summed E-state index contributed by atoms with van der Waals surface area (Å²) < 4.78 is 5.27. The van der Waals surface area contributed by atoms with E-state index in [-0.39, 0.29) is 12.0 Å². The highest BCUT2D eigenvalue weighted by Gasteiger charge is 2.32. The van der Waals surface area contributed by atoms with Crippen molar-refractivity contribution in [2.24, 2.45) is 5.92 Å². The molecule has 2 atom stereocenters. The second-order valence-electron chi connectivity index (χ2n) is 6.11. The van der Waals surface area contributed by atoms with Crippen LogP contribution in [0.15, 0.2) is 41.4 Å². The van der Waals surface area contributed by atoms with Gasteiger partial charge in [0.05, 0.1) is 11.8 Å². The standard InChI is InChI=1S/C18H22N2O2/c1-3-14-5-4-6-15(8-14)10-20-11-16(18(21)12-20)9-17-7-13(2)19-22-17/h3-8,16,18,21H,1,9-12H2,2H3/t16-,18-/m1/s1. The molecular weight excluding hydrogens is 276 g/mol. The first-order valence-electron chi connectivity index (χ1n) is 7.68. The number of rotatable bonds is 5. The van der Waals surface area contributed by atoms with Crippen LogP contribution in [0.25, 0.3) is 6.08 Å². The molecule has 4 nitrogen and oxygen atoms in total. The summed E-state index contributed by atoms with van der Waals surface area (Å²) in [5.74, 6) is 1.06. The average molecular weight is 298 g/mol. The van der Waals surface area contributed by atoms with Crippen molar-refractivity contribution in [2.75, 3.05) is 13.1 Å². The number of hydrogen-bond acceptors (Lipinski definition) is 4. The Bertz CT molecular complexity index is 650. The summed E-state index contributed by atoms with van der Waals surface area (Å²) in [5.41, 5.74) is 3.27. The van der Waals surface area contributed by atoms with Crippen molar-refractivity contribution in [3.63, 3.8) is 0 Å². The molecule has 2 aromatic rings. The number of aliphatic hydroxyl groups excluding tert-OH is 1. The van der Waals surface area contributed by atoms with Gasteiger partial charge in [-0.3, -0.25) is 4.90 Å². The van der Waals surface area contributed by atoms with Crippen LogP contribution in [0, 0.1) is 12.8 Å². The molecule has 1 fully saturated rings. The summed E-state index contributed by atoms with van der Waals surface area (Å²) >= 11 is 0. The van der Waals surface area contributed by atoms with Crippen molar-refractivity contribution < 1.29 is 9.63 Å². The Kier molecular flexibility index (Phi) is 4.41. The Morgan fingerprint density at radius 1 is 1.41 bits per heavy atom. The van der Waals surface area contributed by atoms with Gasteiger partial charge in [-0.25, -0.2) is 0 Å². The number of aryl methyl sites for hydroxylation is 1. The zero-order chi connectivity index (χ0) is 15.5. The third-order valence-electron chi connectivity index (χ3n) is 4.22. The number of likely N-dealkylation sites (tertiary alicyclic amines) is 1. The summed E-state index contributed by atoms with van der Waals surface area (Å²) in [4.78, 5) is 2.29. The maximum absolute atomic E-state index is 10.3. The monoisotopic (exact) mass is 298 g/mol. The van der Waals surface area contributed by atoms with Crippen molar-refractivity contribution in [1.82, 2.24) is 10.1 Å². The van der Waals surface area contributed by atoms with Gasteiger partial charge in [0.25, 0.3) is 0 Å². The van der Waals surface area contributed by atoms with Crippen LogP contribution in [0.1, 0.15) is 22.6 Å². The molecule has 3 rings (SSSR count). The van der Waals surface area contributed by atoms with Crippen LogP contribution in [0.2, 0.25) is 0 Å². The molecule has 1 saturated heterocycles. The molecule has 116 valence electrons. The van der Waals surface area contributed by atoms with Crippen LogP contribution >= 0.6 is 0 Å². The van der Waals surface area contributed by atoms with E-state index >= 15 is 0 Å². The zero-order valence-corrected chi connectivity index (χ0v) is 12.9. The predicted molar refractivity (Wildman–Crippen MR) is 86.3 cm³/mol. The SMILES string of the molecule is C=Cc1cccc(CN2C[C@@H](Cc3cc(C)no3)[C@H](O)C2)c1. The van der Waals surface area contributed by atoms with Crippen LogP contribution in [0.3, 0.4) is 0 Å². The van der Waals surface area contributed by atoms with Gasteiger partial charge in [-0.2, -0.15) is 0 Å². The van der Waals surface area contributed by atoms with E-state index in [2.05, 4.69) is 28.8 Å². The van der Waals surface area contributed by atoms with Gasteiger partial charge in [0.15, 0.2) is 0 Å². The van der Waals surface area contributed by atoms with Crippen molar-refractivity contribution in [3.05, 3.63) is 59.5 Å². The van der Waals surface area contributed by atoms with Gasteiger partial charge in [-0.05, 0) is 18.1 Å². The summed E-state index contributed by atoms with van der Waals surface area (Å²) in [6, 6.07) is 10.3. The molecule has 1 aromatic carbocycles. The van der Waals surface area contributed by atoms with E-state index < -0.39 is 0 Å². The Balaban J connectivity index is 1.61. The molecule has 0 unspecified atom stereocenters. The highest BCUT2D eigenvalue weighted by Crippen LogP contribution is 2.23. The van der Waals surface area contributed by atoms with Crippen LogP contribution < -0.4 is 0 Å². The minimum atomic E-state index is -0.312. The maximum Gasteiger partial charge on any atom is 0.137 e. The van der Waals surface area contributed by atoms with E-state index in [0.717, 1.165) is 36.5 Å². The lowest BCUT2D eigenvalue weighted by Crippen LogP contribution is -2.21. The van der Waals surface area contributed by atoms with Crippen LogP contribution in [-0.4, -0.2) is 34.4 Å². The van der Waals surface area contributed by atoms with Crippen LogP contribution in [-0.2, 0) is 13.0 Å². The smallest absolute Gasteiger partial charge is 0.137 e. The quantitative estimate of drug-likeness (QED) is 0.922. The van der Waals surface area contributed by atoms with E-state index in [1.54, 1.807) is 0 Å². The maximum atomic E-state index is 10.3. The summed E-state index contributed by atoms with van der Waals surface area (Å²) in [6.07, 6.45) is 2.29. The van der Waals surface area contributed by atoms with Crippen molar-refractivity contribution >= 4 is 6.08 Å². The molecule has 1 aliphatic rings. The molecule has 0 radical (unpaired) electrons. The van der Waals surface area contributed by atoms with Crippen LogP contribution in [0.4, 0.5) is 0 Å². The molecule has 0 amide bonds. The molecule has 1 N–H and O–H groups in total. The minimum absolute atomic E-state index is 0.204. The van der Waals surface area contributed by atoms with Crippen molar-refractivity contribution in [1.29, 1.82) is 0 Å². The molecule has 1 aliphatic heterocycles. The Morgan fingerprint density at radius 3 is 3.00 bits per heavy atom. The first kappa shape index (κ1) is 15.0. The molecule has 0 aliphatic carbocycles. The first-order valence-corrected chi connectivity index (χ1v) is 7.68. The minimum Gasteiger partial charge on any atom is -0.391 e. The van der Waals surface area contributed by atoms with E-state index in [0.29, 0.717) is 6.54 Å². The first-order chi connectivity index (χ1) is 10.6. The predicted octanol–water partition coefficient (Wildman–Crippen LogP) is 2.66. The fourth-order valence-electron chi connectivity index (χ4n) is 3.12. The van der Waals surface area contributed by atoms with Crippen molar-refractivity contribution in [2.45, 2.75) is 26.0 Å². The Labute approximate surface area is 131 Å². The average Bonchev–Trinajstić information content (AvgIpc) is 3.06. The molecule has 0 saturated carbocycles. The van der Waals surface area contributed by atoms with Gasteiger partial charge in [0.2, 0.25) is 0 Å². The van der Waals surface area contributed by atoms with Gasteiger partial charge in [0, 0.05) is 38.0 Å².